The number of hydrogen-bond acceptors (Lipinski definition) is 7. The summed E-state index contributed by atoms with van der Waals surface area (Å²) < 4.78 is 47.1. The van der Waals surface area contributed by atoms with Crippen LogP contribution >= 0.6 is 11.3 Å². The highest BCUT2D eigenvalue weighted by molar-refractivity contribution is 7.14. The van der Waals surface area contributed by atoms with Crippen molar-refractivity contribution in [3.8, 4) is 16.3 Å². The number of likely N-dealkylation sites (N-methyl/N-ethyl adjacent to an activating group) is 1. The summed E-state index contributed by atoms with van der Waals surface area (Å²) in [5.41, 5.74) is 1.39. The van der Waals surface area contributed by atoms with Crippen LogP contribution in [0.25, 0.3) is 10.6 Å². The van der Waals surface area contributed by atoms with Gasteiger partial charge in [-0.25, -0.2) is 9.59 Å². The molecular weight excluding hydrogens is 537 g/mol. The van der Waals surface area contributed by atoms with Crippen molar-refractivity contribution in [3.05, 3.63) is 64.7 Å². The fourth-order valence-corrected chi connectivity index (χ4v) is 4.59. The summed E-state index contributed by atoms with van der Waals surface area (Å²) in [6, 6.07) is 12.0. The lowest BCUT2D eigenvalue weighted by molar-refractivity contribution is -0.274. The van der Waals surface area contributed by atoms with Crippen molar-refractivity contribution in [2.45, 2.75) is 58.7 Å². The molecule has 1 atom stereocenters. The molecule has 0 radical (unpaired) electrons. The van der Waals surface area contributed by atoms with E-state index in [1.54, 1.807) is 33.8 Å². The Balaban J connectivity index is 1.78. The number of alkyl carbamates (subject to hydrolysis) is 1. The maximum atomic E-state index is 12.6. The highest BCUT2D eigenvalue weighted by atomic mass is 32.1. The third kappa shape index (κ3) is 9.13. The van der Waals surface area contributed by atoms with Gasteiger partial charge in [0, 0.05) is 18.7 Å². The Bertz CT molecular complexity index is 1280. The van der Waals surface area contributed by atoms with Gasteiger partial charge in [0.2, 0.25) is 0 Å². The summed E-state index contributed by atoms with van der Waals surface area (Å²) in [5, 5.41) is 21.5. The first-order valence-corrected chi connectivity index (χ1v) is 12.8. The van der Waals surface area contributed by atoms with Crippen LogP contribution in [0.4, 0.5) is 22.8 Å². The number of nitrogens with one attached hydrogen (secondary N) is 1. The van der Waals surface area contributed by atoms with Crippen LogP contribution in [0.15, 0.2) is 48.5 Å². The van der Waals surface area contributed by atoms with Gasteiger partial charge < -0.3 is 19.9 Å². The number of nitrogens with zero attached hydrogens (tertiary/aromatic N) is 3. The number of benzene rings is 2. The Morgan fingerprint density at radius 3 is 2.33 bits per heavy atom. The van der Waals surface area contributed by atoms with Crippen molar-refractivity contribution < 1.29 is 37.3 Å². The van der Waals surface area contributed by atoms with E-state index in [0.29, 0.717) is 15.6 Å². The SMILES string of the molecule is CCN(C(=O)O)[C@@H](Cc1ccc(CNC(=O)OC(C)(C)C)cc1)c1nnc(-c2cccc(OC(F)(F)F)c2)s1. The van der Waals surface area contributed by atoms with Crippen LogP contribution in [-0.4, -0.2) is 50.9 Å². The molecule has 1 heterocycles. The third-order valence-corrected chi connectivity index (χ3v) is 6.36. The number of carboxylic acid groups (broad SMARTS) is 1. The Hall–Kier alpha value is -3.87. The van der Waals surface area contributed by atoms with Crippen molar-refractivity contribution in [1.29, 1.82) is 0 Å². The van der Waals surface area contributed by atoms with Crippen molar-refractivity contribution in [2.75, 3.05) is 6.54 Å². The van der Waals surface area contributed by atoms with E-state index in [-0.39, 0.29) is 19.5 Å². The lowest BCUT2D eigenvalue weighted by atomic mass is 10.0. The maximum absolute atomic E-state index is 12.6. The molecule has 0 saturated heterocycles. The molecule has 0 spiro atoms. The van der Waals surface area contributed by atoms with Crippen LogP contribution in [0, 0.1) is 0 Å². The molecule has 0 fully saturated rings. The summed E-state index contributed by atoms with van der Waals surface area (Å²) in [5.74, 6) is -0.393. The van der Waals surface area contributed by atoms with Crippen molar-refractivity contribution in [2.24, 2.45) is 0 Å². The normalized spacial score (nSPS) is 12.5. The molecule has 1 aromatic heterocycles. The van der Waals surface area contributed by atoms with E-state index in [1.165, 1.54) is 23.1 Å². The summed E-state index contributed by atoms with van der Waals surface area (Å²) in [6.07, 6.45) is -6.22. The number of alkyl halides is 3. The number of halogens is 3. The smallest absolute Gasteiger partial charge is 0.465 e. The first-order valence-electron chi connectivity index (χ1n) is 12.0. The molecule has 3 rings (SSSR count). The van der Waals surface area contributed by atoms with Gasteiger partial charge in [-0.2, -0.15) is 0 Å². The fourth-order valence-electron chi connectivity index (χ4n) is 3.64. The van der Waals surface area contributed by atoms with Gasteiger partial charge in [-0.1, -0.05) is 47.7 Å². The lowest BCUT2D eigenvalue weighted by Crippen LogP contribution is -2.34. The van der Waals surface area contributed by atoms with Gasteiger partial charge in [-0.3, -0.25) is 4.90 Å². The average molecular weight is 567 g/mol. The molecule has 0 aliphatic carbocycles. The van der Waals surface area contributed by atoms with Crippen molar-refractivity contribution in [3.63, 3.8) is 0 Å². The lowest BCUT2D eigenvalue weighted by Gasteiger charge is -2.26. The van der Waals surface area contributed by atoms with Gasteiger partial charge in [0.05, 0.1) is 6.04 Å². The zero-order valence-electron chi connectivity index (χ0n) is 21.8. The highest BCUT2D eigenvalue weighted by Crippen LogP contribution is 2.34. The molecule has 0 saturated carbocycles. The summed E-state index contributed by atoms with van der Waals surface area (Å²) in [6.45, 7) is 7.46. The predicted octanol–water partition coefficient (Wildman–Crippen LogP) is 6.41. The molecule has 210 valence electrons. The molecule has 0 aliphatic rings. The van der Waals surface area contributed by atoms with Gasteiger partial charge in [0.1, 0.15) is 21.4 Å². The Morgan fingerprint density at radius 2 is 1.74 bits per heavy atom. The van der Waals surface area contributed by atoms with E-state index in [9.17, 15) is 27.9 Å². The number of ether oxygens (including phenoxy) is 2. The van der Waals surface area contributed by atoms with E-state index in [0.717, 1.165) is 22.5 Å². The van der Waals surface area contributed by atoms with Crippen LogP contribution < -0.4 is 10.1 Å². The molecular formula is C26H29F3N4O5S. The monoisotopic (exact) mass is 566 g/mol. The molecule has 39 heavy (non-hydrogen) atoms. The summed E-state index contributed by atoms with van der Waals surface area (Å²) in [7, 11) is 0. The number of aromatic nitrogens is 2. The van der Waals surface area contributed by atoms with Gasteiger partial charge in [0.25, 0.3) is 0 Å². The minimum absolute atomic E-state index is 0.182. The van der Waals surface area contributed by atoms with Crippen LogP contribution in [0.1, 0.15) is 49.9 Å². The largest absolute Gasteiger partial charge is 0.573 e. The van der Waals surface area contributed by atoms with Crippen LogP contribution in [0.2, 0.25) is 0 Å². The Morgan fingerprint density at radius 1 is 1.08 bits per heavy atom. The molecule has 9 nitrogen and oxygen atoms in total. The molecule has 13 heteroatoms. The van der Waals surface area contributed by atoms with Crippen molar-refractivity contribution in [1.82, 2.24) is 20.4 Å². The Labute approximate surface area is 227 Å². The number of rotatable bonds is 9. The molecule has 2 amide bonds. The number of carbonyl (C=O) groups excluding carboxylic acids is 1. The number of carbonyl (C=O) groups is 2. The first kappa shape index (κ1) is 29.7. The van der Waals surface area contributed by atoms with Crippen LogP contribution in [0.3, 0.4) is 0 Å². The van der Waals surface area contributed by atoms with E-state index in [4.69, 9.17) is 4.74 Å². The van der Waals surface area contributed by atoms with Gasteiger partial charge >= 0.3 is 18.5 Å². The van der Waals surface area contributed by atoms with E-state index >= 15 is 0 Å². The average Bonchev–Trinajstić information content (AvgIpc) is 3.31. The molecule has 0 aliphatic heterocycles. The van der Waals surface area contributed by atoms with E-state index in [1.807, 2.05) is 24.3 Å². The maximum Gasteiger partial charge on any atom is 0.573 e. The zero-order valence-corrected chi connectivity index (χ0v) is 22.6. The van der Waals surface area contributed by atoms with E-state index < -0.39 is 35.9 Å². The second-order valence-corrected chi connectivity index (χ2v) is 10.5. The zero-order chi connectivity index (χ0) is 28.8. The third-order valence-electron chi connectivity index (χ3n) is 5.29. The molecule has 3 aromatic rings. The molecule has 0 unspecified atom stereocenters. The van der Waals surface area contributed by atoms with Crippen LogP contribution in [-0.2, 0) is 17.7 Å². The number of hydrogen-bond donors (Lipinski definition) is 2. The Kier molecular flexibility index (Phi) is 9.38. The van der Waals surface area contributed by atoms with Gasteiger partial charge in [0.15, 0.2) is 0 Å². The fraction of sp³-hybridized carbons (Fsp3) is 0.385. The standard InChI is InChI=1S/C26H29F3N4O5S/c1-5-33(24(35)36)20(13-16-9-11-17(12-10-16)15-30-23(34)38-25(2,3)4)22-32-31-21(39-22)18-7-6-8-19(14-18)37-26(27,28)29/h6-12,14,20H,5,13,15H2,1-4H3,(H,30,34)(H,35,36)/t20-/m0/s1. The van der Waals surface area contributed by atoms with Crippen molar-refractivity contribution >= 4 is 23.5 Å². The molecule has 2 aromatic carbocycles. The highest BCUT2D eigenvalue weighted by Gasteiger charge is 2.31. The van der Waals surface area contributed by atoms with Crippen LogP contribution in [0.5, 0.6) is 5.75 Å². The predicted molar refractivity (Wildman–Crippen MR) is 138 cm³/mol. The minimum Gasteiger partial charge on any atom is -0.465 e. The summed E-state index contributed by atoms with van der Waals surface area (Å²) in [4.78, 5) is 25.1. The first-order chi connectivity index (χ1) is 18.2. The topological polar surface area (TPSA) is 114 Å². The summed E-state index contributed by atoms with van der Waals surface area (Å²) >= 11 is 1.09. The number of amides is 2. The molecule has 2 N–H and O–H groups in total. The van der Waals surface area contributed by atoms with Gasteiger partial charge in [-0.15, -0.1) is 23.4 Å². The second kappa shape index (κ2) is 12.3. The molecule has 0 bridgehead atoms. The minimum atomic E-state index is -4.83. The van der Waals surface area contributed by atoms with E-state index in [2.05, 4.69) is 20.3 Å². The second-order valence-electron chi connectivity index (χ2n) is 9.48. The quantitative estimate of drug-likeness (QED) is 0.308. The van der Waals surface area contributed by atoms with Gasteiger partial charge in [-0.05, 0) is 57.4 Å².